The topological polar surface area (TPSA) is 72.2 Å². The van der Waals surface area contributed by atoms with Crippen LogP contribution in [0.1, 0.15) is 36.7 Å². The van der Waals surface area contributed by atoms with Gasteiger partial charge in [-0.05, 0) is 28.5 Å². The predicted octanol–water partition coefficient (Wildman–Crippen LogP) is 5.49. The molecule has 0 fully saturated rings. The summed E-state index contributed by atoms with van der Waals surface area (Å²) in [7, 11) is 0. The van der Waals surface area contributed by atoms with E-state index in [0.717, 1.165) is 22.0 Å². The lowest BCUT2D eigenvalue weighted by molar-refractivity contribution is 0.102. The Bertz CT molecular complexity index is 1440. The van der Waals surface area contributed by atoms with E-state index in [0.29, 0.717) is 17.0 Å². The quantitative estimate of drug-likeness (QED) is 0.418. The molecule has 6 nitrogen and oxygen atoms in total. The van der Waals surface area contributed by atoms with E-state index in [-0.39, 0.29) is 11.3 Å². The van der Waals surface area contributed by atoms with Gasteiger partial charge in [0, 0.05) is 41.0 Å². The van der Waals surface area contributed by atoms with Gasteiger partial charge in [-0.2, -0.15) is 5.10 Å². The third kappa shape index (κ3) is 3.60. The van der Waals surface area contributed by atoms with E-state index >= 15 is 0 Å². The first kappa shape index (κ1) is 19.9. The summed E-state index contributed by atoms with van der Waals surface area (Å²) in [6.07, 6.45) is 5.35. The molecule has 3 aromatic heterocycles. The van der Waals surface area contributed by atoms with Gasteiger partial charge in [0.2, 0.25) is 0 Å². The lowest BCUT2D eigenvalue weighted by Crippen LogP contribution is -2.15. The molecule has 0 unspecified atom stereocenters. The molecule has 6 heteroatoms. The summed E-state index contributed by atoms with van der Waals surface area (Å²) >= 11 is 0. The van der Waals surface area contributed by atoms with Crippen molar-refractivity contribution in [3.8, 4) is 11.3 Å². The SMILES string of the molecule is CC(C)(C)c1ccc(C(=O)Nc2cc(-c3cncc4ccccc34)n3nccc3n2)cc1. The summed E-state index contributed by atoms with van der Waals surface area (Å²) in [6, 6.07) is 19.4. The Labute approximate surface area is 186 Å². The maximum absolute atomic E-state index is 12.9. The van der Waals surface area contributed by atoms with E-state index < -0.39 is 0 Å². The van der Waals surface area contributed by atoms with Crippen LogP contribution in [0.5, 0.6) is 0 Å². The highest BCUT2D eigenvalue weighted by atomic mass is 16.1. The summed E-state index contributed by atoms with van der Waals surface area (Å²) in [5.74, 6) is 0.259. The average molecular weight is 422 g/mol. The zero-order valence-corrected chi connectivity index (χ0v) is 18.2. The van der Waals surface area contributed by atoms with Crippen LogP contribution in [-0.2, 0) is 5.41 Å². The second-order valence-electron chi connectivity index (χ2n) is 8.82. The molecule has 0 saturated carbocycles. The fourth-order valence-electron chi connectivity index (χ4n) is 3.80. The molecular formula is C26H23N5O. The fraction of sp³-hybridized carbons (Fsp3) is 0.154. The molecule has 32 heavy (non-hydrogen) atoms. The first-order valence-corrected chi connectivity index (χ1v) is 10.5. The smallest absolute Gasteiger partial charge is 0.256 e. The van der Waals surface area contributed by atoms with Gasteiger partial charge >= 0.3 is 0 Å². The maximum Gasteiger partial charge on any atom is 0.256 e. The molecule has 0 atom stereocenters. The molecule has 158 valence electrons. The Morgan fingerprint density at radius 1 is 0.969 bits per heavy atom. The van der Waals surface area contributed by atoms with Gasteiger partial charge in [0.05, 0.1) is 11.9 Å². The standard InChI is InChI=1S/C26H23N5O/c1-26(2,3)19-10-8-17(9-11-19)25(32)30-23-14-22(31-24(29-23)12-13-28-31)21-16-27-15-18-6-4-5-7-20(18)21/h4-16H,1-3H3,(H,29,30,32). The van der Waals surface area contributed by atoms with Crippen LogP contribution in [0.4, 0.5) is 5.82 Å². The van der Waals surface area contributed by atoms with Gasteiger partial charge in [-0.15, -0.1) is 0 Å². The molecule has 1 amide bonds. The molecule has 1 N–H and O–H groups in total. The van der Waals surface area contributed by atoms with Crippen LogP contribution >= 0.6 is 0 Å². The minimum absolute atomic E-state index is 0.0327. The molecule has 5 rings (SSSR count). The zero-order valence-electron chi connectivity index (χ0n) is 18.2. The number of carbonyl (C=O) groups excluding carboxylic acids is 1. The van der Waals surface area contributed by atoms with Crippen LogP contribution in [0.3, 0.4) is 0 Å². The van der Waals surface area contributed by atoms with Gasteiger partial charge in [-0.1, -0.05) is 57.2 Å². The molecule has 0 radical (unpaired) electrons. The van der Waals surface area contributed by atoms with Crippen molar-refractivity contribution >= 4 is 28.1 Å². The number of nitrogens with one attached hydrogen (secondary N) is 1. The fourth-order valence-corrected chi connectivity index (χ4v) is 3.80. The van der Waals surface area contributed by atoms with Crippen molar-refractivity contribution in [3.05, 3.63) is 90.4 Å². The second kappa shape index (κ2) is 7.57. The van der Waals surface area contributed by atoms with E-state index in [1.165, 1.54) is 5.56 Å². The third-order valence-electron chi connectivity index (χ3n) is 5.56. The van der Waals surface area contributed by atoms with Crippen LogP contribution in [0, 0.1) is 0 Å². The van der Waals surface area contributed by atoms with Crippen LogP contribution < -0.4 is 5.32 Å². The number of carbonyl (C=O) groups is 1. The first-order valence-electron chi connectivity index (χ1n) is 10.5. The summed E-state index contributed by atoms with van der Waals surface area (Å²) in [6.45, 7) is 6.45. The Balaban J connectivity index is 1.54. The van der Waals surface area contributed by atoms with Crippen molar-refractivity contribution in [2.24, 2.45) is 0 Å². The highest BCUT2D eigenvalue weighted by Gasteiger charge is 2.16. The Hall–Kier alpha value is -4.06. The van der Waals surface area contributed by atoms with Gasteiger partial charge in [0.25, 0.3) is 5.91 Å². The second-order valence-corrected chi connectivity index (χ2v) is 8.82. The number of pyridine rings is 1. The van der Waals surface area contributed by atoms with Crippen molar-refractivity contribution in [1.82, 2.24) is 19.6 Å². The number of hydrogen-bond donors (Lipinski definition) is 1. The molecule has 0 aliphatic heterocycles. The molecule has 0 saturated heterocycles. The summed E-state index contributed by atoms with van der Waals surface area (Å²) < 4.78 is 1.76. The van der Waals surface area contributed by atoms with Crippen LogP contribution in [0.15, 0.2) is 79.3 Å². The minimum atomic E-state index is -0.205. The van der Waals surface area contributed by atoms with E-state index in [1.807, 2.05) is 67.0 Å². The van der Waals surface area contributed by atoms with Crippen molar-refractivity contribution in [3.63, 3.8) is 0 Å². The van der Waals surface area contributed by atoms with Crippen molar-refractivity contribution in [2.45, 2.75) is 26.2 Å². The molecule has 5 aromatic rings. The molecule has 0 aliphatic carbocycles. The molecule has 3 heterocycles. The molecule has 0 spiro atoms. The largest absolute Gasteiger partial charge is 0.306 e. The number of anilines is 1. The van der Waals surface area contributed by atoms with E-state index in [4.69, 9.17) is 0 Å². The number of aromatic nitrogens is 4. The number of fused-ring (bicyclic) bond motifs is 2. The highest BCUT2D eigenvalue weighted by Crippen LogP contribution is 2.29. The van der Waals surface area contributed by atoms with Gasteiger partial charge in [0.15, 0.2) is 5.65 Å². The van der Waals surface area contributed by atoms with Crippen LogP contribution in [-0.4, -0.2) is 25.5 Å². The van der Waals surface area contributed by atoms with Gasteiger partial charge < -0.3 is 5.32 Å². The monoisotopic (exact) mass is 421 g/mol. The van der Waals surface area contributed by atoms with E-state index in [9.17, 15) is 4.79 Å². The highest BCUT2D eigenvalue weighted by molar-refractivity contribution is 6.04. The zero-order chi connectivity index (χ0) is 22.3. The van der Waals surface area contributed by atoms with E-state index in [2.05, 4.69) is 47.2 Å². The lowest BCUT2D eigenvalue weighted by Gasteiger charge is -2.19. The molecular weight excluding hydrogens is 398 g/mol. The third-order valence-corrected chi connectivity index (χ3v) is 5.56. The summed E-state index contributed by atoms with van der Waals surface area (Å²) in [4.78, 5) is 21.9. The summed E-state index contributed by atoms with van der Waals surface area (Å²) in [5, 5.41) is 9.46. The number of nitrogens with zero attached hydrogens (tertiary/aromatic N) is 4. The molecule has 0 aliphatic rings. The number of rotatable bonds is 3. The normalized spacial score (nSPS) is 11.7. The summed E-state index contributed by atoms with van der Waals surface area (Å²) in [5.41, 5.74) is 4.17. The van der Waals surface area contributed by atoms with Crippen molar-refractivity contribution < 1.29 is 4.79 Å². The number of benzene rings is 2. The molecule has 2 aromatic carbocycles. The minimum Gasteiger partial charge on any atom is -0.306 e. The lowest BCUT2D eigenvalue weighted by atomic mass is 9.87. The Kier molecular flexibility index (Phi) is 4.70. The predicted molar refractivity (Wildman–Crippen MR) is 127 cm³/mol. The van der Waals surface area contributed by atoms with Crippen molar-refractivity contribution in [2.75, 3.05) is 5.32 Å². The Morgan fingerprint density at radius 3 is 2.53 bits per heavy atom. The van der Waals surface area contributed by atoms with E-state index in [1.54, 1.807) is 10.7 Å². The van der Waals surface area contributed by atoms with Gasteiger partial charge in [0.1, 0.15) is 5.82 Å². The average Bonchev–Trinajstić information content (AvgIpc) is 3.26. The maximum atomic E-state index is 12.9. The van der Waals surface area contributed by atoms with Gasteiger partial charge in [-0.25, -0.2) is 9.50 Å². The number of amides is 1. The van der Waals surface area contributed by atoms with Gasteiger partial charge in [-0.3, -0.25) is 9.78 Å². The molecule has 0 bridgehead atoms. The van der Waals surface area contributed by atoms with Crippen molar-refractivity contribution in [1.29, 1.82) is 0 Å². The first-order chi connectivity index (χ1) is 15.4. The van der Waals surface area contributed by atoms with Crippen LogP contribution in [0.2, 0.25) is 0 Å². The van der Waals surface area contributed by atoms with Crippen LogP contribution in [0.25, 0.3) is 27.7 Å². The number of hydrogen-bond acceptors (Lipinski definition) is 4. The Morgan fingerprint density at radius 2 is 1.75 bits per heavy atom.